The summed E-state index contributed by atoms with van der Waals surface area (Å²) in [7, 11) is 0. The van der Waals surface area contributed by atoms with Gasteiger partial charge in [-0.15, -0.1) is 0 Å². The largest absolute Gasteiger partial charge is 0.317 e. The van der Waals surface area contributed by atoms with E-state index in [1.165, 1.54) is 148 Å². The van der Waals surface area contributed by atoms with E-state index in [0.717, 1.165) is 13.1 Å². The summed E-state index contributed by atoms with van der Waals surface area (Å²) in [5.41, 5.74) is 0. The van der Waals surface area contributed by atoms with Crippen molar-refractivity contribution in [3.8, 4) is 0 Å². The first-order valence-corrected chi connectivity index (χ1v) is 14.1. The van der Waals surface area contributed by atoms with Gasteiger partial charge in [-0.3, -0.25) is 0 Å². The minimum Gasteiger partial charge on any atom is -0.317 e. The molecule has 0 amide bonds. The molecule has 0 aliphatic carbocycles. The van der Waals surface area contributed by atoms with E-state index in [0.29, 0.717) is 0 Å². The van der Waals surface area contributed by atoms with E-state index < -0.39 is 0 Å². The monoisotopic (exact) mass is 423 g/mol. The number of hydrogen-bond acceptors (Lipinski definition) is 2. The highest BCUT2D eigenvalue weighted by Gasteiger charge is 1.95. The molecule has 2 nitrogen and oxygen atoms in total. The van der Waals surface area contributed by atoms with Gasteiger partial charge in [0.05, 0.1) is 0 Å². The zero-order chi connectivity index (χ0) is 21.8. The molecule has 0 atom stereocenters. The van der Waals surface area contributed by atoms with Crippen LogP contribution in [-0.2, 0) is 0 Å². The Morgan fingerprint density at radius 3 is 1.20 bits per heavy atom. The van der Waals surface area contributed by atoms with E-state index in [2.05, 4.69) is 30.9 Å². The molecule has 181 valence electrons. The predicted molar refractivity (Wildman–Crippen MR) is 138 cm³/mol. The molecular formula is C28H59N2. The lowest BCUT2D eigenvalue weighted by Gasteiger charge is -2.06. The maximum Gasteiger partial charge on any atom is -0.00169 e. The van der Waals surface area contributed by atoms with Crippen molar-refractivity contribution in [2.75, 3.05) is 26.2 Å². The van der Waals surface area contributed by atoms with Gasteiger partial charge in [0.15, 0.2) is 0 Å². The molecule has 0 aromatic heterocycles. The smallest absolute Gasteiger partial charge is 0.00169 e. The van der Waals surface area contributed by atoms with E-state index in [4.69, 9.17) is 0 Å². The van der Waals surface area contributed by atoms with Crippen LogP contribution in [0.1, 0.15) is 149 Å². The lowest BCUT2D eigenvalue weighted by Crippen LogP contribution is -2.21. The Bertz CT molecular complexity index is 252. The van der Waals surface area contributed by atoms with Crippen molar-refractivity contribution >= 4 is 0 Å². The van der Waals surface area contributed by atoms with Crippen LogP contribution in [0.4, 0.5) is 0 Å². The van der Waals surface area contributed by atoms with E-state index in [-0.39, 0.29) is 0 Å². The Labute approximate surface area is 192 Å². The second-order valence-corrected chi connectivity index (χ2v) is 9.40. The molecule has 0 fully saturated rings. The zero-order valence-electron chi connectivity index (χ0n) is 21.3. The average Bonchev–Trinajstić information content (AvgIpc) is 2.76. The SMILES string of the molecule is CCCCCCCCCCCCNC[CH]CCNCCCCCCCCCCCC. The van der Waals surface area contributed by atoms with Crippen molar-refractivity contribution in [3.05, 3.63) is 6.42 Å². The predicted octanol–water partition coefficient (Wildman–Crippen LogP) is 8.60. The van der Waals surface area contributed by atoms with Gasteiger partial charge in [0.1, 0.15) is 0 Å². The number of rotatable bonds is 27. The summed E-state index contributed by atoms with van der Waals surface area (Å²) in [6.45, 7) is 9.22. The molecule has 30 heavy (non-hydrogen) atoms. The molecular weight excluding hydrogens is 364 g/mol. The maximum atomic E-state index is 3.60. The Morgan fingerprint density at radius 2 is 0.767 bits per heavy atom. The molecule has 1 radical (unpaired) electrons. The number of nitrogens with one attached hydrogen (secondary N) is 2. The normalized spacial score (nSPS) is 11.4. The van der Waals surface area contributed by atoms with Gasteiger partial charge in [-0.25, -0.2) is 0 Å². The van der Waals surface area contributed by atoms with Crippen LogP contribution in [0.2, 0.25) is 0 Å². The first kappa shape index (κ1) is 29.9. The van der Waals surface area contributed by atoms with E-state index in [9.17, 15) is 0 Å². The second kappa shape index (κ2) is 28.9. The van der Waals surface area contributed by atoms with Gasteiger partial charge in [0, 0.05) is 0 Å². The molecule has 0 rings (SSSR count). The van der Waals surface area contributed by atoms with Gasteiger partial charge in [0.25, 0.3) is 0 Å². The van der Waals surface area contributed by atoms with E-state index in [1.807, 2.05) is 0 Å². The van der Waals surface area contributed by atoms with Crippen LogP contribution in [-0.4, -0.2) is 26.2 Å². The standard InChI is InChI=1S/C28H59N2/c1-3-5-7-9-11-13-15-17-19-21-25-29-27-23-24-28-30-26-22-20-18-16-14-12-10-8-6-4-2/h23,29-30H,3-22,24-28H2,1-2H3. The third kappa shape index (κ3) is 27.9. The Hall–Kier alpha value is -0.0800. The highest BCUT2D eigenvalue weighted by molar-refractivity contribution is 4.69. The van der Waals surface area contributed by atoms with Gasteiger partial charge in [-0.2, -0.15) is 0 Å². The van der Waals surface area contributed by atoms with Crippen molar-refractivity contribution in [1.29, 1.82) is 0 Å². The Balaban J connectivity index is 2.97. The maximum absolute atomic E-state index is 3.60. The van der Waals surface area contributed by atoms with Gasteiger partial charge in [0.2, 0.25) is 0 Å². The summed E-state index contributed by atoms with van der Waals surface area (Å²) in [6, 6.07) is 0. The fourth-order valence-corrected chi connectivity index (χ4v) is 4.11. The molecule has 2 heteroatoms. The van der Waals surface area contributed by atoms with Crippen LogP contribution in [0.15, 0.2) is 0 Å². The summed E-state index contributed by atoms with van der Waals surface area (Å²) < 4.78 is 0. The van der Waals surface area contributed by atoms with Gasteiger partial charge in [-0.1, -0.05) is 129 Å². The first-order valence-electron chi connectivity index (χ1n) is 14.1. The van der Waals surface area contributed by atoms with Crippen LogP contribution in [0.5, 0.6) is 0 Å². The number of hydrogen-bond donors (Lipinski definition) is 2. The fraction of sp³-hybridized carbons (Fsp3) is 0.964. The van der Waals surface area contributed by atoms with Crippen LogP contribution >= 0.6 is 0 Å². The van der Waals surface area contributed by atoms with Crippen molar-refractivity contribution < 1.29 is 0 Å². The topological polar surface area (TPSA) is 24.1 Å². The molecule has 0 bridgehead atoms. The van der Waals surface area contributed by atoms with Crippen LogP contribution in [0, 0.1) is 6.42 Å². The molecule has 2 N–H and O–H groups in total. The quantitative estimate of drug-likeness (QED) is 0.129. The van der Waals surface area contributed by atoms with Crippen LogP contribution in [0.3, 0.4) is 0 Å². The molecule has 0 unspecified atom stereocenters. The molecule has 0 heterocycles. The summed E-state index contributed by atoms with van der Waals surface area (Å²) in [5.74, 6) is 0. The average molecular weight is 424 g/mol. The molecule has 0 spiro atoms. The lowest BCUT2D eigenvalue weighted by molar-refractivity contribution is 0.540. The minimum absolute atomic E-state index is 1.08. The van der Waals surface area contributed by atoms with Gasteiger partial charge < -0.3 is 10.6 Å². The summed E-state index contributed by atoms with van der Waals surface area (Å²) in [6.07, 6.45) is 32.1. The summed E-state index contributed by atoms with van der Waals surface area (Å²) in [4.78, 5) is 0. The summed E-state index contributed by atoms with van der Waals surface area (Å²) in [5, 5.41) is 7.17. The summed E-state index contributed by atoms with van der Waals surface area (Å²) >= 11 is 0. The van der Waals surface area contributed by atoms with E-state index >= 15 is 0 Å². The number of unbranched alkanes of at least 4 members (excludes halogenated alkanes) is 19. The Kier molecular flexibility index (Phi) is 28.8. The molecule has 0 saturated carbocycles. The minimum atomic E-state index is 1.08. The van der Waals surface area contributed by atoms with Crippen LogP contribution < -0.4 is 10.6 Å². The molecule has 0 aromatic carbocycles. The second-order valence-electron chi connectivity index (χ2n) is 9.40. The molecule has 0 aromatic rings. The lowest BCUT2D eigenvalue weighted by atomic mass is 10.1. The van der Waals surface area contributed by atoms with Crippen molar-refractivity contribution in [3.63, 3.8) is 0 Å². The third-order valence-electron chi connectivity index (χ3n) is 6.23. The van der Waals surface area contributed by atoms with E-state index in [1.54, 1.807) is 0 Å². The highest BCUT2D eigenvalue weighted by atomic mass is 14.9. The highest BCUT2D eigenvalue weighted by Crippen LogP contribution is 2.11. The molecule has 0 aliphatic heterocycles. The Morgan fingerprint density at radius 1 is 0.400 bits per heavy atom. The van der Waals surface area contributed by atoms with Crippen molar-refractivity contribution in [1.82, 2.24) is 10.6 Å². The molecule has 0 aliphatic rings. The van der Waals surface area contributed by atoms with Gasteiger partial charge in [-0.05, 0) is 51.9 Å². The van der Waals surface area contributed by atoms with Crippen LogP contribution in [0.25, 0.3) is 0 Å². The zero-order valence-corrected chi connectivity index (χ0v) is 21.3. The van der Waals surface area contributed by atoms with Gasteiger partial charge >= 0.3 is 0 Å². The van der Waals surface area contributed by atoms with Crippen molar-refractivity contribution in [2.24, 2.45) is 0 Å². The fourth-order valence-electron chi connectivity index (χ4n) is 4.11. The molecule has 0 saturated heterocycles. The first-order chi connectivity index (χ1) is 14.9. The van der Waals surface area contributed by atoms with Crippen molar-refractivity contribution in [2.45, 2.75) is 149 Å². The third-order valence-corrected chi connectivity index (χ3v) is 6.23.